The Morgan fingerprint density at radius 3 is 2.81 bits per heavy atom. The molecule has 1 heterocycles. The fourth-order valence-corrected chi connectivity index (χ4v) is 1.91. The van der Waals surface area contributed by atoms with Crippen molar-refractivity contribution in [1.82, 2.24) is 9.78 Å². The molecule has 0 aliphatic carbocycles. The standard InChI is InChI=1S/C10H15BrN2O3/c1-4-13-7(9(11)6(2)12-13)5-8(14)10(15)16-3/h8,14H,4-5H2,1-3H3. The van der Waals surface area contributed by atoms with Gasteiger partial charge >= 0.3 is 5.97 Å². The van der Waals surface area contributed by atoms with E-state index in [9.17, 15) is 9.90 Å². The Labute approximate surface area is 103 Å². The maximum Gasteiger partial charge on any atom is 0.335 e. The van der Waals surface area contributed by atoms with Crippen LogP contribution in [0.2, 0.25) is 0 Å². The summed E-state index contributed by atoms with van der Waals surface area (Å²) < 4.78 is 7.06. The molecule has 1 unspecified atom stereocenters. The summed E-state index contributed by atoms with van der Waals surface area (Å²) in [6.07, 6.45) is -0.954. The molecule has 0 aliphatic rings. The smallest absolute Gasteiger partial charge is 0.335 e. The lowest BCUT2D eigenvalue weighted by Gasteiger charge is -2.10. The van der Waals surface area contributed by atoms with E-state index in [1.54, 1.807) is 4.68 Å². The number of nitrogens with zero attached hydrogens (tertiary/aromatic N) is 2. The van der Waals surface area contributed by atoms with Gasteiger partial charge in [0.05, 0.1) is 23.0 Å². The number of rotatable bonds is 4. The van der Waals surface area contributed by atoms with Gasteiger partial charge in [0.15, 0.2) is 6.10 Å². The van der Waals surface area contributed by atoms with E-state index < -0.39 is 12.1 Å². The fourth-order valence-electron chi connectivity index (χ4n) is 1.47. The van der Waals surface area contributed by atoms with Crippen LogP contribution in [-0.2, 0) is 22.5 Å². The van der Waals surface area contributed by atoms with Crippen LogP contribution in [0.1, 0.15) is 18.3 Å². The first kappa shape index (κ1) is 13.2. The molecular weight excluding hydrogens is 276 g/mol. The van der Waals surface area contributed by atoms with Gasteiger partial charge in [0, 0.05) is 13.0 Å². The van der Waals surface area contributed by atoms with Crippen molar-refractivity contribution in [2.24, 2.45) is 0 Å². The van der Waals surface area contributed by atoms with E-state index in [0.29, 0.717) is 6.54 Å². The van der Waals surface area contributed by atoms with Gasteiger partial charge in [-0.3, -0.25) is 4.68 Å². The van der Waals surface area contributed by atoms with E-state index in [2.05, 4.69) is 25.8 Å². The molecule has 0 fully saturated rings. The summed E-state index contributed by atoms with van der Waals surface area (Å²) in [5.74, 6) is -0.631. The van der Waals surface area contributed by atoms with Gasteiger partial charge in [0.25, 0.3) is 0 Å². The highest BCUT2D eigenvalue weighted by atomic mass is 79.9. The molecule has 1 aromatic heterocycles. The number of aryl methyl sites for hydroxylation is 2. The van der Waals surface area contributed by atoms with Gasteiger partial charge in [-0.1, -0.05) is 0 Å². The zero-order valence-corrected chi connectivity index (χ0v) is 11.1. The number of carbonyl (C=O) groups excluding carboxylic acids is 1. The minimum Gasteiger partial charge on any atom is -0.467 e. The number of hydrogen-bond donors (Lipinski definition) is 1. The van der Waals surface area contributed by atoms with E-state index in [4.69, 9.17) is 0 Å². The van der Waals surface area contributed by atoms with Gasteiger partial charge in [0.1, 0.15) is 0 Å². The lowest BCUT2D eigenvalue weighted by Crippen LogP contribution is -2.25. The molecule has 0 spiro atoms. The van der Waals surface area contributed by atoms with E-state index in [0.717, 1.165) is 15.9 Å². The summed E-state index contributed by atoms with van der Waals surface area (Å²) >= 11 is 3.39. The molecule has 1 N–H and O–H groups in total. The highest BCUT2D eigenvalue weighted by Gasteiger charge is 2.21. The fraction of sp³-hybridized carbons (Fsp3) is 0.600. The van der Waals surface area contributed by atoms with Gasteiger partial charge in [-0.2, -0.15) is 5.10 Å². The monoisotopic (exact) mass is 290 g/mol. The zero-order valence-electron chi connectivity index (χ0n) is 9.53. The van der Waals surface area contributed by atoms with Crippen molar-refractivity contribution >= 4 is 21.9 Å². The molecule has 0 amide bonds. The topological polar surface area (TPSA) is 64.3 Å². The molecule has 5 nitrogen and oxygen atoms in total. The van der Waals surface area contributed by atoms with Crippen LogP contribution >= 0.6 is 15.9 Å². The predicted molar refractivity (Wildman–Crippen MR) is 62.1 cm³/mol. The first-order valence-electron chi connectivity index (χ1n) is 4.98. The molecule has 1 rings (SSSR count). The molecule has 0 aromatic carbocycles. The Morgan fingerprint density at radius 2 is 2.31 bits per heavy atom. The molecule has 1 aromatic rings. The molecule has 0 bridgehead atoms. The zero-order chi connectivity index (χ0) is 12.3. The molecule has 0 aliphatic heterocycles. The highest BCUT2D eigenvalue weighted by Crippen LogP contribution is 2.22. The van der Waals surface area contributed by atoms with E-state index in [1.165, 1.54) is 7.11 Å². The van der Waals surface area contributed by atoms with Crippen molar-refractivity contribution in [3.8, 4) is 0 Å². The first-order valence-corrected chi connectivity index (χ1v) is 5.78. The molecule has 16 heavy (non-hydrogen) atoms. The molecule has 0 radical (unpaired) electrons. The third-order valence-electron chi connectivity index (χ3n) is 2.31. The Balaban J connectivity index is 2.91. The van der Waals surface area contributed by atoms with Crippen molar-refractivity contribution in [2.75, 3.05) is 7.11 Å². The van der Waals surface area contributed by atoms with Crippen molar-refractivity contribution in [2.45, 2.75) is 32.9 Å². The Morgan fingerprint density at radius 1 is 1.69 bits per heavy atom. The van der Waals surface area contributed by atoms with Crippen LogP contribution in [-0.4, -0.2) is 34.1 Å². The average molecular weight is 291 g/mol. The van der Waals surface area contributed by atoms with Gasteiger partial charge < -0.3 is 9.84 Å². The number of ether oxygens (including phenoxy) is 1. The average Bonchev–Trinajstić information content (AvgIpc) is 2.55. The second-order valence-corrected chi connectivity index (χ2v) is 4.20. The molecule has 6 heteroatoms. The Bertz CT molecular complexity index is 390. The number of aliphatic hydroxyl groups excluding tert-OH is 1. The second kappa shape index (κ2) is 5.45. The summed E-state index contributed by atoms with van der Waals surface area (Å²) in [5.41, 5.74) is 1.65. The normalized spacial score (nSPS) is 12.6. The van der Waals surface area contributed by atoms with E-state index >= 15 is 0 Å². The van der Waals surface area contributed by atoms with Crippen LogP contribution in [0.5, 0.6) is 0 Å². The Hall–Kier alpha value is -0.880. The van der Waals surface area contributed by atoms with Gasteiger partial charge in [-0.05, 0) is 29.8 Å². The number of aliphatic hydroxyl groups is 1. The van der Waals surface area contributed by atoms with Crippen molar-refractivity contribution in [1.29, 1.82) is 0 Å². The van der Waals surface area contributed by atoms with E-state index in [1.807, 2.05) is 13.8 Å². The van der Waals surface area contributed by atoms with E-state index in [-0.39, 0.29) is 6.42 Å². The predicted octanol–water partition coefficient (Wildman–Crippen LogP) is 1.05. The first-order chi connectivity index (χ1) is 7.51. The van der Waals surface area contributed by atoms with Gasteiger partial charge in [-0.25, -0.2) is 4.79 Å². The summed E-state index contributed by atoms with van der Waals surface area (Å²) in [4.78, 5) is 11.1. The third kappa shape index (κ3) is 2.62. The van der Waals surface area contributed by atoms with Crippen molar-refractivity contribution < 1.29 is 14.6 Å². The number of esters is 1. The number of aromatic nitrogens is 2. The molecule has 0 saturated heterocycles. The SMILES string of the molecule is CCn1nc(C)c(Br)c1CC(O)C(=O)OC. The molecule has 1 atom stereocenters. The number of halogens is 1. The lowest BCUT2D eigenvalue weighted by atomic mass is 10.2. The summed E-state index contributed by atoms with van der Waals surface area (Å²) in [6.45, 7) is 4.51. The summed E-state index contributed by atoms with van der Waals surface area (Å²) in [6, 6.07) is 0. The maximum absolute atomic E-state index is 11.1. The minimum atomic E-state index is -1.15. The van der Waals surface area contributed by atoms with Crippen molar-refractivity contribution in [3.05, 3.63) is 15.9 Å². The number of carbonyl (C=O) groups is 1. The highest BCUT2D eigenvalue weighted by molar-refractivity contribution is 9.10. The number of hydrogen-bond acceptors (Lipinski definition) is 4. The maximum atomic E-state index is 11.1. The minimum absolute atomic E-state index is 0.196. The molecule has 90 valence electrons. The second-order valence-electron chi connectivity index (χ2n) is 3.40. The Kier molecular flexibility index (Phi) is 4.49. The quantitative estimate of drug-likeness (QED) is 0.842. The van der Waals surface area contributed by atoms with Crippen LogP contribution in [0.15, 0.2) is 4.47 Å². The summed E-state index contributed by atoms with van der Waals surface area (Å²) in [7, 11) is 1.25. The third-order valence-corrected chi connectivity index (χ3v) is 3.34. The number of methoxy groups -OCH3 is 1. The van der Waals surface area contributed by atoms with Crippen molar-refractivity contribution in [3.63, 3.8) is 0 Å². The lowest BCUT2D eigenvalue weighted by molar-refractivity contribution is -0.150. The largest absolute Gasteiger partial charge is 0.467 e. The van der Waals surface area contributed by atoms with Crippen LogP contribution in [0.25, 0.3) is 0 Å². The van der Waals surface area contributed by atoms with Gasteiger partial charge in [-0.15, -0.1) is 0 Å². The van der Waals surface area contributed by atoms with Crippen LogP contribution in [0.4, 0.5) is 0 Å². The van der Waals surface area contributed by atoms with Crippen LogP contribution < -0.4 is 0 Å². The summed E-state index contributed by atoms with van der Waals surface area (Å²) in [5, 5.41) is 13.9. The molecule has 0 saturated carbocycles. The van der Waals surface area contributed by atoms with Crippen LogP contribution in [0.3, 0.4) is 0 Å². The van der Waals surface area contributed by atoms with Gasteiger partial charge in [0.2, 0.25) is 0 Å². The molecular formula is C10H15BrN2O3. The van der Waals surface area contributed by atoms with Crippen LogP contribution in [0, 0.1) is 6.92 Å².